The molecule has 0 aliphatic carbocycles. The van der Waals surface area contributed by atoms with Crippen LogP contribution in [-0.2, 0) is 4.79 Å². The van der Waals surface area contributed by atoms with Crippen molar-refractivity contribution in [2.24, 2.45) is 0 Å². The number of rotatable bonds is 4. The lowest BCUT2D eigenvalue weighted by atomic mass is 10.1. The zero-order chi connectivity index (χ0) is 16.8. The fraction of sp³-hybridized carbons (Fsp3) is 0.111. The Morgan fingerprint density at radius 3 is 2.52 bits per heavy atom. The van der Waals surface area contributed by atoms with Crippen LogP contribution in [0.2, 0.25) is 5.02 Å². The summed E-state index contributed by atoms with van der Waals surface area (Å²) >= 11 is 6.03. The van der Waals surface area contributed by atoms with Crippen molar-refractivity contribution in [3.8, 4) is 0 Å². The standard InChI is InChI=1S/C18H17ClN2O2/c1-21(2)18(23)14-7-5-8-15(12-14)20-17(22)11-10-13-6-3-4-9-16(13)19/h3-12H,1-2H3,(H,20,22)/b11-10+. The molecule has 0 aliphatic rings. The van der Waals surface area contributed by atoms with Crippen molar-refractivity contribution in [2.45, 2.75) is 0 Å². The van der Waals surface area contributed by atoms with E-state index in [9.17, 15) is 9.59 Å². The van der Waals surface area contributed by atoms with Crippen LogP contribution < -0.4 is 5.32 Å². The van der Waals surface area contributed by atoms with Gasteiger partial charge in [0, 0.05) is 36.4 Å². The SMILES string of the molecule is CN(C)C(=O)c1cccc(NC(=O)/C=C/c2ccccc2Cl)c1. The van der Waals surface area contributed by atoms with E-state index in [2.05, 4.69) is 5.32 Å². The summed E-state index contributed by atoms with van der Waals surface area (Å²) in [5.41, 5.74) is 1.84. The molecule has 5 heteroatoms. The van der Waals surface area contributed by atoms with Crippen LogP contribution >= 0.6 is 11.6 Å². The molecule has 2 rings (SSSR count). The van der Waals surface area contributed by atoms with Crippen LogP contribution in [0, 0.1) is 0 Å². The van der Waals surface area contributed by atoms with E-state index in [-0.39, 0.29) is 11.8 Å². The van der Waals surface area contributed by atoms with E-state index in [1.54, 1.807) is 50.5 Å². The maximum atomic E-state index is 12.0. The molecule has 0 unspecified atom stereocenters. The Morgan fingerprint density at radius 1 is 1.09 bits per heavy atom. The van der Waals surface area contributed by atoms with Crippen LogP contribution in [0.25, 0.3) is 6.08 Å². The predicted molar refractivity (Wildman–Crippen MR) is 93.6 cm³/mol. The summed E-state index contributed by atoms with van der Waals surface area (Å²) in [6.45, 7) is 0. The fourth-order valence-electron chi connectivity index (χ4n) is 1.95. The van der Waals surface area contributed by atoms with Gasteiger partial charge < -0.3 is 10.2 Å². The molecule has 0 aliphatic heterocycles. The van der Waals surface area contributed by atoms with Crippen molar-refractivity contribution in [1.82, 2.24) is 4.90 Å². The third-order valence-corrected chi connectivity index (χ3v) is 3.45. The van der Waals surface area contributed by atoms with E-state index in [1.807, 2.05) is 18.2 Å². The Kier molecular flexibility index (Phi) is 5.55. The smallest absolute Gasteiger partial charge is 0.253 e. The van der Waals surface area contributed by atoms with E-state index in [4.69, 9.17) is 11.6 Å². The van der Waals surface area contributed by atoms with Crippen LogP contribution in [0.1, 0.15) is 15.9 Å². The second-order valence-corrected chi connectivity index (χ2v) is 5.53. The van der Waals surface area contributed by atoms with Gasteiger partial charge in [-0.3, -0.25) is 9.59 Å². The average molecular weight is 329 g/mol. The molecule has 0 saturated carbocycles. The summed E-state index contributed by atoms with van der Waals surface area (Å²) in [4.78, 5) is 25.4. The molecule has 118 valence electrons. The van der Waals surface area contributed by atoms with Gasteiger partial charge in [0.15, 0.2) is 0 Å². The molecule has 0 spiro atoms. The number of nitrogens with zero attached hydrogens (tertiary/aromatic N) is 1. The molecular formula is C18H17ClN2O2. The highest BCUT2D eigenvalue weighted by Crippen LogP contribution is 2.16. The first-order valence-corrected chi connectivity index (χ1v) is 7.40. The summed E-state index contributed by atoms with van der Waals surface area (Å²) in [7, 11) is 3.36. The average Bonchev–Trinajstić information content (AvgIpc) is 2.53. The van der Waals surface area contributed by atoms with Gasteiger partial charge in [-0.05, 0) is 35.9 Å². The monoisotopic (exact) mass is 328 g/mol. The van der Waals surface area contributed by atoms with Crippen LogP contribution in [0.3, 0.4) is 0 Å². The van der Waals surface area contributed by atoms with E-state index in [1.165, 1.54) is 11.0 Å². The third-order valence-electron chi connectivity index (χ3n) is 3.10. The molecule has 2 aromatic carbocycles. The minimum atomic E-state index is -0.292. The maximum absolute atomic E-state index is 12.0. The van der Waals surface area contributed by atoms with Gasteiger partial charge >= 0.3 is 0 Å². The lowest BCUT2D eigenvalue weighted by molar-refractivity contribution is -0.111. The van der Waals surface area contributed by atoms with Crippen LogP contribution in [-0.4, -0.2) is 30.8 Å². The quantitative estimate of drug-likeness (QED) is 0.870. The number of benzene rings is 2. The van der Waals surface area contributed by atoms with Crippen molar-refractivity contribution >= 4 is 35.2 Å². The normalized spacial score (nSPS) is 10.6. The summed E-state index contributed by atoms with van der Waals surface area (Å²) in [5, 5.41) is 3.31. The molecule has 1 N–H and O–H groups in total. The minimum Gasteiger partial charge on any atom is -0.345 e. The highest BCUT2D eigenvalue weighted by molar-refractivity contribution is 6.32. The number of hydrogen-bond donors (Lipinski definition) is 1. The number of nitrogens with one attached hydrogen (secondary N) is 1. The molecule has 0 atom stereocenters. The fourth-order valence-corrected chi connectivity index (χ4v) is 2.15. The zero-order valence-electron chi connectivity index (χ0n) is 12.9. The van der Waals surface area contributed by atoms with Crippen molar-refractivity contribution in [3.63, 3.8) is 0 Å². The molecule has 0 heterocycles. The van der Waals surface area contributed by atoms with E-state index < -0.39 is 0 Å². The van der Waals surface area contributed by atoms with E-state index in [0.717, 1.165) is 5.56 Å². The lowest BCUT2D eigenvalue weighted by Crippen LogP contribution is -2.21. The lowest BCUT2D eigenvalue weighted by Gasteiger charge is -2.11. The molecule has 0 aromatic heterocycles. The Balaban J connectivity index is 2.07. The molecule has 0 radical (unpaired) electrons. The number of anilines is 1. The molecule has 2 aromatic rings. The van der Waals surface area contributed by atoms with Crippen LogP contribution in [0.4, 0.5) is 5.69 Å². The second-order valence-electron chi connectivity index (χ2n) is 5.12. The third kappa shape index (κ3) is 4.69. The summed E-state index contributed by atoms with van der Waals surface area (Å²) in [6.07, 6.45) is 3.05. The second kappa shape index (κ2) is 7.61. The van der Waals surface area contributed by atoms with Crippen molar-refractivity contribution < 1.29 is 9.59 Å². The number of carbonyl (C=O) groups excluding carboxylic acids is 2. The van der Waals surface area contributed by atoms with Gasteiger partial charge in [-0.25, -0.2) is 0 Å². The van der Waals surface area contributed by atoms with Gasteiger partial charge in [-0.15, -0.1) is 0 Å². The Labute approximate surface area is 140 Å². The number of hydrogen-bond acceptors (Lipinski definition) is 2. The summed E-state index contributed by atoms with van der Waals surface area (Å²) in [5.74, 6) is -0.410. The van der Waals surface area contributed by atoms with Crippen LogP contribution in [0.5, 0.6) is 0 Å². The first kappa shape index (κ1) is 16.8. The Hall–Kier alpha value is -2.59. The molecule has 23 heavy (non-hydrogen) atoms. The van der Waals surface area contributed by atoms with Gasteiger partial charge in [0.2, 0.25) is 5.91 Å². The molecule has 0 bridgehead atoms. The number of carbonyl (C=O) groups is 2. The molecule has 0 saturated heterocycles. The number of halogens is 1. The van der Waals surface area contributed by atoms with Gasteiger partial charge in [0.25, 0.3) is 5.91 Å². The highest BCUT2D eigenvalue weighted by atomic mass is 35.5. The maximum Gasteiger partial charge on any atom is 0.253 e. The molecule has 4 nitrogen and oxygen atoms in total. The first-order chi connectivity index (χ1) is 11.0. The zero-order valence-corrected chi connectivity index (χ0v) is 13.7. The Morgan fingerprint density at radius 2 is 1.83 bits per heavy atom. The highest BCUT2D eigenvalue weighted by Gasteiger charge is 2.08. The van der Waals surface area contributed by atoms with Gasteiger partial charge in [0.05, 0.1) is 0 Å². The molecular weight excluding hydrogens is 312 g/mol. The predicted octanol–water partition coefficient (Wildman–Crippen LogP) is 3.69. The van der Waals surface area contributed by atoms with Crippen molar-refractivity contribution in [3.05, 3.63) is 70.8 Å². The summed E-state index contributed by atoms with van der Waals surface area (Å²) < 4.78 is 0. The van der Waals surface area contributed by atoms with Gasteiger partial charge in [0.1, 0.15) is 0 Å². The van der Waals surface area contributed by atoms with Gasteiger partial charge in [-0.2, -0.15) is 0 Å². The van der Waals surface area contributed by atoms with E-state index >= 15 is 0 Å². The first-order valence-electron chi connectivity index (χ1n) is 7.02. The minimum absolute atomic E-state index is 0.118. The summed E-state index contributed by atoms with van der Waals surface area (Å²) in [6, 6.07) is 14.1. The molecule has 0 fully saturated rings. The van der Waals surface area contributed by atoms with E-state index in [0.29, 0.717) is 16.3 Å². The van der Waals surface area contributed by atoms with Gasteiger partial charge in [-0.1, -0.05) is 35.9 Å². The van der Waals surface area contributed by atoms with Crippen LogP contribution in [0.15, 0.2) is 54.6 Å². The number of amides is 2. The van der Waals surface area contributed by atoms with Crippen molar-refractivity contribution in [1.29, 1.82) is 0 Å². The van der Waals surface area contributed by atoms with Crippen molar-refractivity contribution in [2.75, 3.05) is 19.4 Å². The topological polar surface area (TPSA) is 49.4 Å². The Bertz CT molecular complexity index is 754. The molecule has 2 amide bonds. The largest absolute Gasteiger partial charge is 0.345 e.